The van der Waals surface area contributed by atoms with E-state index in [1.807, 2.05) is 38.1 Å². The molecule has 188 valence electrons. The Morgan fingerprint density at radius 2 is 1.57 bits per heavy atom. The van der Waals surface area contributed by atoms with Gasteiger partial charge in [0, 0.05) is 44.3 Å². The molecule has 0 saturated carbocycles. The fourth-order valence-corrected chi connectivity index (χ4v) is 6.07. The van der Waals surface area contributed by atoms with Crippen molar-refractivity contribution in [3.8, 4) is 0 Å². The summed E-state index contributed by atoms with van der Waals surface area (Å²) in [4.78, 5) is 26.7. The molecule has 2 N–H and O–H groups in total. The van der Waals surface area contributed by atoms with Gasteiger partial charge in [-0.2, -0.15) is 4.31 Å². The molecule has 0 spiro atoms. The number of urea groups is 1. The highest BCUT2D eigenvalue weighted by molar-refractivity contribution is 7.89. The lowest BCUT2D eigenvalue weighted by Crippen LogP contribution is -2.50. The number of aryl methyl sites for hydroxylation is 2. The van der Waals surface area contributed by atoms with E-state index in [0.29, 0.717) is 30.1 Å². The Balaban J connectivity index is 1.32. The first-order valence-corrected chi connectivity index (χ1v) is 13.7. The normalized spacial score (nSPS) is 16.6. The summed E-state index contributed by atoms with van der Waals surface area (Å²) in [6, 6.07) is 12.5. The highest BCUT2D eigenvalue weighted by Gasteiger charge is 2.31. The van der Waals surface area contributed by atoms with Gasteiger partial charge in [-0.1, -0.05) is 18.2 Å². The number of rotatable bonds is 6. The number of sulfonamides is 1. The van der Waals surface area contributed by atoms with Crippen LogP contribution in [0.5, 0.6) is 0 Å². The number of fused-ring (bicyclic) bond motifs is 1. The molecule has 0 aromatic heterocycles. The molecule has 1 saturated heterocycles. The van der Waals surface area contributed by atoms with Gasteiger partial charge in [0.1, 0.15) is 0 Å². The molecule has 35 heavy (non-hydrogen) atoms. The molecular weight excluding hydrogens is 464 g/mol. The second-order valence-corrected chi connectivity index (χ2v) is 11.5. The van der Waals surface area contributed by atoms with E-state index in [0.717, 1.165) is 36.8 Å². The summed E-state index contributed by atoms with van der Waals surface area (Å²) in [6.07, 6.45) is 4.20. The molecule has 0 atom stereocenters. The number of nitrogens with zero attached hydrogens (tertiary/aromatic N) is 2. The van der Waals surface area contributed by atoms with Crippen molar-refractivity contribution in [2.75, 3.05) is 26.2 Å². The van der Waals surface area contributed by atoms with Gasteiger partial charge in [-0.25, -0.2) is 13.2 Å². The van der Waals surface area contributed by atoms with Gasteiger partial charge in [-0.3, -0.25) is 4.79 Å². The van der Waals surface area contributed by atoms with Crippen LogP contribution in [0.15, 0.2) is 47.4 Å². The third kappa shape index (κ3) is 6.02. The largest absolute Gasteiger partial charge is 0.336 e. The second kappa shape index (κ2) is 10.8. The maximum absolute atomic E-state index is 13.2. The minimum absolute atomic E-state index is 0.0587. The van der Waals surface area contributed by atoms with Crippen LogP contribution in [0.4, 0.5) is 4.79 Å². The van der Waals surface area contributed by atoms with Crippen LogP contribution < -0.4 is 10.6 Å². The van der Waals surface area contributed by atoms with Crippen molar-refractivity contribution < 1.29 is 18.0 Å². The Labute approximate surface area is 207 Å². The van der Waals surface area contributed by atoms with E-state index in [4.69, 9.17) is 0 Å². The molecular formula is C26H34N4O4S. The Morgan fingerprint density at radius 3 is 2.23 bits per heavy atom. The van der Waals surface area contributed by atoms with Gasteiger partial charge in [0.15, 0.2) is 0 Å². The van der Waals surface area contributed by atoms with Crippen molar-refractivity contribution >= 4 is 22.0 Å². The molecule has 0 bridgehead atoms. The lowest BCUT2D eigenvalue weighted by atomic mass is 9.92. The maximum atomic E-state index is 13.2. The average molecular weight is 499 g/mol. The first-order valence-electron chi connectivity index (χ1n) is 12.3. The maximum Gasteiger partial charge on any atom is 0.315 e. The molecule has 0 radical (unpaired) electrons. The summed E-state index contributed by atoms with van der Waals surface area (Å²) in [5.41, 5.74) is 3.84. The zero-order valence-corrected chi connectivity index (χ0v) is 21.2. The number of carbonyl (C=O) groups excluding carboxylic acids is 2. The van der Waals surface area contributed by atoms with E-state index in [1.165, 1.54) is 9.87 Å². The molecule has 4 rings (SSSR count). The minimum atomic E-state index is -3.58. The van der Waals surface area contributed by atoms with Crippen molar-refractivity contribution in [2.24, 2.45) is 0 Å². The summed E-state index contributed by atoms with van der Waals surface area (Å²) < 4.78 is 27.9. The first-order chi connectivity index (χ1) is 16.7. The average Bonchev–Trinajstić information content (AvgIpc) is 2.86. The van der Waals surface area contributed by atoms with E-state index in [-0.39, 0.29) is 31.1 Å². The second-order valence-electron chi connectivity index (χ2n) is 9.51. The van der Waals surface area contributed by atoms with Crippen LogP contribution in [0, 0.1) is 0 Å². The predicted molar refractivity (Wildman–Crippen MR) is 135 cm³/mol. The molecule has 2 aromatic carbocycles. The van der Waals surface area contributed by atoms with Crippen molar-refractivity contribution in [3.63, 3.8) is 0 Å². The fourth-order valence-electron chi connectivity index (χ4n) is 4.59. The number of benzene rings is 2. The molecule has 8 nitrogen and oxygen atoms in total. The zero-order chi connectivity index (χ0) is 25.0. The molecule has 2 aliphatic rings. The summed E-state index contributed by atoms with van der Waals surface area (Å²) in [5, 5.41) is 5.55. The van der Waals surface area contributed by atoms with Gasteiger partial charge in [0.05, 0.1) is 4.90 Å². The molecule has 2 aromatic rings. The van der Waals surface area contributed by atoms with Crippen LogP contribution in [0.25, 0.3) is 0 Å². The number of nitrogens with one attached hydrogen (secondary N) is 2. The summed E-state index contributed by atoms with van der Waals surface area (Å²) >= 11 is 0. The van der Waals surface area contributed by atoms with E-state index in [2.05, 4.69) is 10.6 Å². The van der Waals surface area contributed by atoms with Gasteiger partial charge in [-0.05, 0) is 80.5 Å². The Kier molecular flexibility index (Phi) is 7.76. The van der Waals surface area contributed by atoms with Gasteiger partial charge in [0.25, 0.3) is 5.91 Å². The third-order valence-electron chi connectivity index (χ3n) is 6.56. The van der Waals surface area contributed by atoms with Crippen LogP contribution in [0.1, 0.15) is 53.7 Å². The number of carbonyl (C=O) groups is 2. The van der Waals surface area contributed by atoms with Gasteiger partial charge in [-0.15, -0.1) is 0 Å². The number of hydrogen-bond acceptors (Lipinski definition) is 4. The molecule has 1 aliphatic carbocycles. The Hall–Kier alpha value is -2.91. The van der Waals surface area contributed by atoms with Crippen LogP contribution in [0.3, 0.4) is 0 Å². The SMILES string of the molecule is CC(C)NC(=O)NCc1ccc(C(=O)N2CCN(S(=O)(=O)c3ccc4c(c3)CCCC4)CC2)cc1. The molecule has 1 heterocycles. The molecule has 9 heteroatoms. The Morgan fingerprint density at radius 1 is 0.914 bits per heavy atom. The standard InChI is InChI=1S/C26H34N4O4S/c1-19(2)28-26(32)27-18-20-7-9-22(10-8-20)25(31)29-13-15-30(16-14-29)35(33,34)24-12-11-21-5-3-4-6-23(21)17-24/h7-12,17,19H,3-6,13-16,18H2,1-2H3,(H2,27,28,32). The lowest BCUT2D eigenvalue weighted by Gasteiger charge is -2.34. The monoisotopic (exact) mass is 498 g/mol. The number of hydrogen-bond donors (Lipinski definition) is 2. The number of piperazine rings is 1. The smallest absolute Gasteiger partial charge is 0.315 e. The van der Waals surface area contributed by atoms with Crippen molar-refractivity contribution in [1.29, 1.82) is 0 Å². The van der Waals surface area contributed by atoms with Crippen molar-refractivity contribution in [3.05, 3.63) is 64.7 Å². The summed E-state index contributed by atoms with van der Waals surface area (Å²) in [7, 11) is -3.58. The lowest BCUT2D eigenvalue weighted by molar-refractivity contribution is 0.0698. The van der Waals surface area contributed by atoms with Gasteiger partial charge >= 0.3 is 6.03 Å². The van der Waals surface area contributed by atoms with Crippen LogP contribution >= 0.6 is 0 Å². The molecule has 0 unspecified atom stereocenters. The van der Waals surface area contributed by atoms with E-state index in [1.54, 1.807) is 23.1 Å². The number of amides is 3. The van der Waals surface area contributed by atoms with E-state index >= 15 is 0 Å². The molecule has 1 fully saturated rings. The van der Waals surface area contributed by atoms with Gasteiger partial charge in [0.2, 0.25) is 10.0 Å². The van der Waals surface area contributed by atoms with E-state index in [9.17, 15) is 18.0 Å². The third-order valence-corrected chi connectivity index (χ3v) is 8.45. The van der Waals surface area contributed by atoms with Crippen LogP contribution in [-0.2, 0) is 29.4 Å². The quantitative estimate of drug-likeness (QED) is 0.640. The topological polar surface area (TPSA) is 98.8 Å². The summed E-state index contributed by atoms with van der Waals surface area (Å²) in [5.74, 6) is -0.118. The highest BCUT2D eigenvalue weighted by atomic mass is 32.2. The van der Waals surface area contributed by atoms with E-state index < -0.39 is 10.0 Å². The zero-order valence-electron chi connectivity index (χ0n) is 20.4. The molecule has 3 amide bonds. The fraction of sp³-hybridized carbons (Fsp3) is 0.462. The first kappa shape index (κ1) is 25.2. The summed E-state index contributed by atoms with van der Waals surface area (Å²) in [6.45, 7) is 5.40. The van der Waals surface area contributed by atoms with Gasteiger partial charge < -0.3 is 15.5 Å². The molecule has 1 aliphatic heterocycles. The van der Waals surface area contributed by atoms with Crippen molar-refractivity contribution in [2.45, 2.75) is 57.0 Å². The minimum Gasteiger partial charge on any atom is -0.336 e. The van der Waals surface area contributed by atoms with Crippen LogP contribution in [0.2, 0.25) is 0 Å². The van der Waals surface area contributed by atoms with Crippen LogP contribution in [-0.4, -0.2) is 61.8 Å². The predicted octanol–water partition coefficient (Wildman–Crippen LogP) is 2.92. The van der Waals surface area contributed by atoms with Crippen molar-refractivity contribution in [1.82, 2.24) is 19.8 Å². The Bertz CT molecular complexity index is 1170. The highest BCUT2D eigenvalue weighted by Crippen LogP contribution is 2.26.